The van der Waals surface area contributed by atoms with E-state index in [-0.39, 0.29) is 4.90 Å². The van der Waals surface area contributed by atoms with Crippen molar-refractivity contribution >= 4 is 27.0 Å². The number of hydrogen-bond donors (Lipinski definition) is 2. The monoisotopic (exact) mass is 359 g/mol. The third-order valence-electron chi connectivity index (χ3n) is 3.62. The zero-order valence-electron chi connectivity index (χ0n) is 13.0. The van der Waals surface area contributed by atoms with Crippen LogP contribution in [0.3, 0.4) is 0 Å². The number of aliphatic hydroxyl groups is 1. The molecule has 4 nitrogen and oxygen atoms in total. The van der Waals surface area contributed by atoms with E-state index in [4.69, 9.17) is 0 Å². The van der Waals surface area contributed by atoms with E-state index in [0.717, 1.165) is 16.0 Å². The van der Waals surface area contributed by atoms with E-state index in [1.807, 2.05) is 24.4 Å². The largest absolute Gasteiger partial charge is 0.383 e. The summed E-state index contributed by atoms with van der Waals surface area (Å²) in [5.74, 6) is 0. The zero-order chi connectivity index (χ0) is 17.2. The molecule has 2 N–H and O–H groups in total. The first-order valence-electron chi connectivity index (χ1n) is 7.37. The lowest BCUT2D eigenvalue weighted by Crippen LogP contribution is -2.13. The Hall–Kier alpha value is -2.15. The fourth-order valence-electron chi connectivity index (χ4n) is 2.28. The molecule has 6 heteroatoms. The molecule has 1 aromatic heterocycles. The van der Waals surface area contributed by atoms with Gasteiger partial charge in [-0.25, -0.2) is 8.42 Å². The molecule has 0 radical (unpaired) electrons. The first-order valence-corrected chi connectivity index (χ1v) is 9.73. The maximum absolute atomic E-state index is 12.4. The molecule has 2 aromatic carbocycles. The highest BCUT2D eigenvalue weighted by atomic mass is 32.2. The van der Waals surface area contributed by atoms with Crippen LogP contribution in [-0.4, -0.2) is 13.5 Å². The molecular formula is C18H17NO3S2. The Bertz CT molecular complexity index is 900. The molecule has 24 heavy (non-hydrogen) atoms. The Labute approximate surface area is 145 Å². The van der Waals surface area contributed by atoms with Crippen LogP contribution in [0.25, 0.3) is 0 Å². The van der Waals surface area contributed by atoms with E-state index in [9.17, 15) is 13.5 Å². The second-order valence-corrected chi connectivity index (χ2v) is 8.12. The number of sulfonamides is 1. The second kappa shape index (κ2) is 6.76. The Morgan fingerprint density at radius 3 is 2.25 bits per heavy atom. The predicted octanol–water partition coefficient (Wildman–Crippen LogP) is 3.94. The molecule has 124 valence electrons. The van der Waals surface area contributed by atoms with Crippen LogP contribution in [0, 0.1) is 6.92 Å². The van der Waals surface area contributed by atoms with Crippen molar-refractivity contribution in [1.82, 2.24) is 0 Å². The number of aliphatic hydroxyl groups excluding tert-OH is 1. The summed E-state index contributed by atoms with van der Waals surface area (Å²) >= 11 is 1.48. The third kappa shape index (κ3) is 3.67. The highest BCUT2D eigenvalue weighted by molar-refractivity contribution is 7.92. The summed E-state index contributed by atoms with van der Waals surface area (Å²) in [6.07, 6.45) is -0.701. The Morgan fingerprint density at radius 2 is 1.67 bits per heavy atom. The zero-order valence-corrected chi connectivity index (χ0v) is 14.6. The number of rotatable bonds is 5. The van der Waals surface area contributed by atoms with Crippen molar-refractivity contribution in [3.8, 4) is 0 Å². The van der Waals surface area contributed by atoms with Crippen LogP contribution in [0.2, 0.25) is 0 Å². The maximum atomic E-state index is 12.4. The van der Waals surface area contributed by atoms with Gasteiger partial charge in [-0.05, 0) is 48.2 Å². The van der Waals surface area contributed by atoms with Gasteiger partial charge in [-0.3, -0.25) is 4.72 Å². The van der Waals surface area contributed by atoms with Gasteiger partial charge in [-0.2, -0.15) is 0 Å². The SMILES string of the molecule is Cc1ccc(S(=O)(=O)Nc2ccc(C(O)c3cccs3)cc2)cc1. The van der Waals surface area contributed by atoms with Crippen LogP contribution in [0.15, 0.2) is 70.9 Å². The summed E-state index contributed by atoms with van der Waals surface area (Å²) in [6, 6.07) is 17.2. The molecule has 3 aromatic rings. The van der Waals surface area contributed by atoms with Crippen molar-refractivity contribution in [2.45, 2.75) is 17.9 Å². The molecule has 0 amide bonds. The lowest BCUT2D eigenvalue weighted by Gasteiger charge is -2.11. The van der Waals surface area contributed by atoms with Gasteiger partial charge in [0.25, 0.3) is 10.0 Å². The number of aryl methyl sites for hydroxylation is 1. The first kappa shape index (κ1) is 16.7. The number of hydrogen-bond acceptors (Lipinski definition) is 4. The topological polar surface area (TPSA) is 66.4 Å². The highest BCUT2D eigenvalue weighted by Crippen LogP contribution is 2.27. The van der Waals surface area contributed by atoms with E-state index in [1.165, 1.54) is 11.3 Å². The van der Waals surface area contributed by atoms with E-state index in [2.05, 4.69) is 4.72 Å². The minimum atomic E-state index is -3.62. The number of thiophene rings is 1. The van der Waals surface area contributed by atoms with Crippen molar-refractivity contribution in [2.24, 2.45) is 0 Å². The number of anilines is 1. The van der Waals surface area contributed by atoms with Crippen molar-refractivity contribution in [3.05, 3.63) is 82.0 Å². The molecule has 0 aliphatic rings. The van der Waals surface area contributed by atoms with Crippen LogP contribution < -0.4 is 4.72 Å². The smallest absolute Gasteiger partial charge is 0.261 e. The molecule has 0 bridgehead atoms. The molecule has 3 rings (SSSR count). The minimum Gasteiger partial charge on any atom is -0.383 e. The molecule has 0 fully saturated rings. The number of nitrogens with one attached hydrogen (secondary N) is 1. The molecule has 0 spiro atoms. The standard InChI is InChI=1S/C18H17NO3S2/c1-13-4-10-16(11-5-13)24(21,22)19-15-8-6-14(7-9-15)18(20)17-3-2-12-23-17/h2-12,18-20H,1H3. The van der Waals surface area contributed by atoms with Crippen LogP contribution in [-0.2, 0) is 10.0 Å². The second-order valence-electron chi connectivity index (χ2n) is 5.46. The Balaban J connectivity index is 1.77. The molecule has 0 saturated carbocycles. The van der Waals surface area contributed by atoms with Gasteiger partial charge in [0.05, 0.1) is 4.90 Å². The maximum Gasteiger partial charge on any atom is 0.261 e. The average molecular weight is 359 g/mol. The minimum absolute atomic E-state index is 0.218. The molecule has 1 atom stereocenters. The van der Waals surface area contributed by atoms with Crippen molar-refractivity contribution in [1.29, 1.82) is 0 Å². The van der Waals surface area contributed by atoms with Gasteiger partial charge in [-0.1, -0.05) is 35.9 Å². The quantitative estimate of drug-likeness (QED) is 0.725. The summed E-state index contributed by atoms with van der Waals surface area (Å²) in [7, 11) is -3.62. The summed E-state index contributed by atoms with van der Waals surface area (Å²) in [5.41, 5.74) is 2.18. The predicted molar refractivity (Wildman–Crippen MR) is 96.8 cm³/mol. The molecule has 0 aliphatic heterocycles. The molecular weight excluding hydrogens is 342 g/mol. The third-order valence-corrected chi connectivity index (χ3v) is 5.94. The van der Waals surface area contributed by atoms with Gasteiger partial charge in [0.1, 0.15) is 6.10 Å². The van der Waals surface area contributed by atoms with Crippen LogP contribution in [0.1, 0.15) is 22.1 Å². The van der Waals surface area contributed by atoms with E-state index >= 15 is 0 Å². The lowest BCUT2D eigenvalue weighted by atomic mass is 10.1. The summed E-state index contributed by atoms with van der Waals surface area (Å²) in [6.45, 7) is 1.90. The van der Waals surface area contributed by atoms with Crippen molar-refractivity contribution < 1.29 is 13.5 Å². The Morgan fingerprint density at radius 1 is 1.00 bits per heavy atom. The van der Waals surface area contributed by atoms with Crippen LogP contribution in [0.4, 0.5) is 5.69 Å². The van der Waals surface area contributed by atoms with Gasteiger partial charge in [0.15, 0.2) is 0 Å². The van der Waals surface area contributed by atoms with Gasteiger partial charge >= 0.3 is 0 Å². The molecule has 1 unspecified atom stereocenters. The molecule has 0 saturated heterocycles. The van der Waals surface area contributed by atoms with Crippen LogP contribution >= 0.6 is 11.3 Å². The van der Waals surface area contributed by atoms with Gasteiger partial charge < -0.3 is 5.11 Å². The molecule has 0 aliphatic carbocycles. The fourth-order valence-corrected chi connectivity index (χ4v) is 4.07. The summed E-state index contributed by atoms with van der Waals surface area (Å²) in [4.78, 5) is 1.07. The van der Waals surface area contributed by atoms with Gasteiger partial charge in [0, 0.05) is 10.6 Å². The van der Waals surface area contributed by atoms with Crippen molar-refractivity contribution in [3.63, 3.8) is 0 Å². The normalized spacial score (nSPS) is 12.8. The summed E-state index contributed by atoms with van der Waals surface area (Å²) < 4.78 is 27.3. The fraction of sp³-hybridized carbons (Fsp3) is 0.111. The number of benzene rings is 2. The van der Waals surface area contributed by atoms with E-state index < -0.39 is 16.1 Å². The van der Waals surface area contributed by atoms with E-state index in [0.29, 0.717) is 5.69 Å². The average Bonchev–Trinajstić information content (AvgIpc) is 3.09. The first-order chi connectivity index (χ1) is 11.5. The lowest BCUT2D eigenvalue weighted by molar-refractivity contribution is 0.224. The van der Waals surface area contributed by atoms with Gasteiger partial charge in [0.2, 0.25) is 0 Å². The van der Waals surface area contributed by atoms with E-state index in [1.54, 1.807) is 48.5 Å². The van der Waals surface area contributed by atoms with Crippen molar-refractivity contribution in [2.75, 3.05) is 4.72 Å². The van der Waals surface area contributed by atoms with Gasteiger partial charge in [-0.15, -0.1) is 11.3 Å². The molecule has 1 heterocycles. The van der Waals surface area contributed by atoms with Crippen LogP contribution in [0.5, 0.6) is 0 Å². The Kier molecular flexibility index (Phi) is 4.71. The summed E-state index contributed by atoms with van der Waals surface area (Å²) in [5, 5.41) is 12.2. The highest BCUT2D eigenvalue weighted by Gasteiger charge is 2.15.